The van der Waals surface area contributed by atoms with Crippen molar-refractivity contribution in [1.82, 2.24) is 5.32 Å². The van der Waals surface area contributed by atoms with Crippen LogP contribution in [-0.4, -0.2) is 24.7 Å². The number of amides is 2. The number of furan rings is 1. The normalized spacial score (nSPS) is 10.4. The van der Waals surface area contributed by atoms with Gasteiger partial charge < -0.3 is 19.8 Å². The number of hydrogen-bond acceptors (Lipinski definition) is 6. The van der Waals surface area contributed by atoms with Crippen LogP contribution in [0.5, 0.6) is 5.75 Å². The first-order valence-electron chi connectivity index (χ1n) is 8.07. The van der Waals surface area contributed by atoms with Gasteiger partial charge in [-0.15, -0.1) is 11.3 Å². The van der Waals surface area contributed by atoms with Crippen molar-refractivity contribution in [2.24, 2.45) is 0 Å². The molecule has 0 atom stereocenters. The molecule has 0 aliphatic heterocycles. The monoisotopic (exact) mass is 418 g/mol. The molecule has 2 aromatic heterocycles. The smallest absolute Gasteiger partial charge is 0.313 e. The summed E-state index contributed by atoms with van der Waals surface area (Å²) in [5.41, 5.74) is 0.289. The number of thiophene rings is 1. The minimum atomic E-state index is -0.857. The topological polar surface area (TPSA) is 97.6 Å². The van der Waals surface area contributed by atoms with Gasteiger partial charge in [0.15, 0.2) is 5.76 Å². The molecule has 1 aromatic carbocycles. The highest BCUT2D eigenvalue weighted by Crippen LogP contribution is 2.27. The number of carbonyl (C=O) groups excluding carboxylic acids is 3. The molecule has 0 spiro atoms. The predicted molar refractivity (Wildman–Crippen MR) is 105 cm³/mol. The molecule has 0 fully saturated rings. The van der Waals surface area contributed by atoms with E-state index in [4.69, 9.17) is 20.8 Å². The van der Waals surface area contributed by atoms with Crippen LogP contribution in [0.2, 0.25) is 5.02 Å². The Hall–Kier alpha value is -3.10. The van der Waals surface area contributed by atoms with E-state index in [1.807, 2.05) is 0 Å². The van der Waals surface area contributed by atoms with Gasteiger partial charge in [-0.05, 0) is 42.5 Å². The van der Waals surface area contributed by atoms with Crippen LogP contribution in [-0.2, 0) is 16.1 Å². The summed E-state index contributed by atoms with van der Waals surface area (Å²) in [4.78, 5) is 37.6. The first kappa shape index (κ1) is 19.7. The van der Waals surface area contributed by atoms with E-state index in [2.05, 4.69) is 10.6 Å². The van der Waals surface area contributed by atoms with Crippen molar-refractivity contribution in [2.75, 3.05) is 12.4 Å². The highest BCUT2D eigenvalue weighted by atomic mass is 35.5. The summed E-state index contributed by atoms with van der Waals surface area (Å²) in [7, 11) is 1.44. The number of ether oxygens (including phenoxy) is 1. The fourth-order valence-electron chi connectivity index (χ4n) is 2.33. The standard InChI is InChI=1S/C19H15ClN2O5S/c1-26-14-6-4-11(20)9-13(14)22-19(25)18(24)21-10-12-5-7-16(28-12)17(23)15-3-2-8-27-15/h2-9H,10H2,1H3,(H,21,24)(H,22,25). The summed E-state index contributed by atoms with van der Waals surface area (Å²) in [5, 5.41) is 5.36. The molecule has 2 heterocycles. The van der Waals surface area contributed by atoms with Crippen LogP contribution in [0, 0.1) is 0 Å². The van der Waals surface area contributed by atoms with Crippen molar-refractivity contribution in [3.8, 4) is 5.75 Å². The van der Waals surface area contributed by atoms with Crippen LogP contribution in [0.1, 0.15) is 20.3 Å². The molecule has 0 aliphatic carbocycles. The number of hydrogen-bond donors (Lipinski definition) is 2. The molecular weight excluding hydrogens is 404 g/mol. The van der Waals surface area contributed by atoms with E-state index in [-0.39, 0.29) is 23.8 Å². The summed E-state index contributed by atoms with van der Waals surface area (Å²) in [6, 6.07) is 11.2. The zero-order valence-electron chi connectivity index (χ0n) is 14.7. The van der Waals surface area contributed by atoms with E-state index in [0.717, 1.165) is 4.88 Å². The Labute approximate surface area is 169 Å². The average molecular weight is 419 g/mol. The van der Waals surface area contributed by atoms with Crippen LogP contribution in [0.3, 0.4) is 0 Å². The molecule has 0 saturated carbocycles. The van der Waals surface area contributed by atoms with Crippen molar-refractivity contribution in [3.05, 3.63) is 69.3 Å². The Morgan fingerprint density at radius 3 is 2.68 bits per heavy atom. The molecule has 2 amide bonds. The molecule has 28 heavy (non-hydrogen) atoms. The number of carbonyl (C=O) groups is 3. The largest absolute Gasteiger partial charge is 0.495 e. The van der Waals surface area contributed by atoms with E-state index in [0.29, 0.717) is 15.6 Å². The van der Waals surface area contributed by atoms with Crippen LogP contribution < -0.4 is 15.4 Å². The highest BCUT2D eigenvalue weighted by molar-refractivity contribution is 7.14. The Bertz CT molecular complexity index is 1010. The number of ketones is 1. The van der Waals surface area contributed by atoms with Crippen molar-refractivity contribution in [1.29, 1.82) is 0 Å². The third kappa shape index (κ3) is 4.59. The van der Waals surface area contributed by atoms with Crippen molar-refractivity contribution < 1.29 is 23.5 Å². The van der Waals surface area contributed by atoms with Gasteiger partial charge in [0.1, 0.15) is 5.75 Å². The lowest BCUT2D eigenvalue weighted by atomic mass is 10.2. The molecule has 0 saturated heterocycles. The van der Waals surface area contributed by atoms with Crippen molar-refractivity contribution in [3.63, 3.8) is 0 Å². The molecule has 9 heteroatoms. The zero-order chi connectivity index (χ0) is 20.1. The predicted octanol–water partition coefficient (Wildman–Crippen LogP) is 3.49. The fraction of sp³-hybridized carbons (Fsp3) is 0.105. The number of nitrogens with one attached hydrogen (secondary N) is 2. The Balaban J connectivity index is 1.58. The van der Waals surface area contributed by atoms with E-state index in [1.54, 1.807) is 36.4 Å². The zero-order valence-corrected chi connectivity index (χ0v) is 16.2. The summed E-state index contributed by atoms with van der Waals surface area (Å²) < 4.78 is 10.2. The van der Waals surface area contributed by atoms with Gasteiger partial charge in [0.05, 0.1) is 30.5 Å². The molecule has 144 valence electrons. The summed E-state index contributed by atoms with van der Waals surface area (Å²) in [5.74, 6) is -1.30. The average Bonchev–Trinajstić information content (AvgIpc) is 3.38. The lowest BCUT2D eigenvalue weighted by molar-refractivity contribution is -0.136. The van der Waals surface area contributed by atoms with Crippen LogP contribution >= 0.6 is 22.9 Å². The maximum absolute atomic E-state index is 12.2. The third-order valence-electron chi connectivity index (χ3n) is 3.67. The lowest BCUT2D eigenvalue weighted by Crippen LogP contribution is -2.34. The van der Waals surface area contributed by atoms with Crippen molar-refractivity contribution >= 4 is 46.2 Å². The van der Waals surface area contributed by atoms with Crippen LogP contribution in [0.25, 0.3) is 0 Å². The van der Waals surface area contributed by atoms with Gasteiger partial charge >= 0.3 is 11.8 Å². The third-order valence-corrected chi connectivity index (χ3v) is 4.99. The minimum absolute atomic E-state index is 0.106. The molecule has 3 rings (SSSR count). The van der Waals surface area contributed by atoms with Crippen LogP contribution in [0.15, 0.2) is 53.1 Å². The summed E-state index contributed by atoms with van der Waals surface area (Å²) in [6.45, 7) is 0.106. The van der Waals surface area contributed by atoms with E-state index >= 15 is 0 Å². The fourth-order valence-corrected chi connectivity index (χ4v) is 3.39. The van der Waals surface area contributed by atoms with E-state index in [9.17, 15) is 14.4 Å². The van der Waals surface area contributed by atoms with Gasteiger partial charge in [-0.2, -0.15) is 0 Å². The number of benzene rings is 1. The first-order valence-corrected chi connectivity index (χ1v) is 9.27. The molecule has 3 aromatic rings. The first-order chi connectivity index (χ1) is 13.5. The van der Waals surface area contributed by atoms with E-state index < -0.39 is 11.8 Å². The Morgan fingerprint density at radius 1 is 1.14 bits per heavy atom. The Morgan fingerprint density at radius 2 is 1.96 bits per heavy atom. The number of rotatable bonds is 6. The van der Waals surface area contributed by atoms with Gasteiger partial charge in [0.25, 0.3) is 0 Å². The quantitative estimate of drug-likeness (QED) is 0.471. The second-order valence-corrected chi connectivity index (χ2v) is 7.16. The van der Waals surface area contributed by atoms with Crippen molar-refractivity contribution in [2.45, 2.75) is 6.54 Å². The molecule has 0 bridgehead atoms. The Kier molecular flexibility index (Phi) is 6.13. The number of halogens is 1. The maximum atomic E-state index is 12.2. The SMILES string of the molecule is COc1ccc(Cl)cc1NC(=O)C(=O)NCc1ccc(C(=O)c2ccco2)s1. The number of anilines is 1. The molecule has 0 aliphatic rings. The lowest BCUT2D eigenvalue weighted by Gasteiger charge is -2.10. The maximum Gasteiger partial charge on any atom is 0.313 e. The molecule has 7 nitrogen and oxygen atoms in total. The van der Waals surface area contributed by atoms with Crippen LogP contribution in [0.4, 0.5) is 5.69 Å². The molecular formula is C19H15ClN2O5S. The van der Waals surface area contributed by atoms with Gasteiger partial charge in [-0.1, -0.05) is 11.6 Å². The van der Waals surface area contributed by atoms with Gasteiger partial charge in [0.2, 0.25) is 5.78 Å². The highest BCUT2D eigenvalue weighted by Gasteiger charge is 2.18. The molecule has 2 N–H and O–H groups in total. The van der Waals surface area contributed by atoms with E-state index in [1.165, 1.54) is 30.8 Å². The van der Waals surface area contributed by atoms with Gasteiger partial charge in [-0.25, -0.2) is 0 Å². The minimum Gasteiger partial charge on any atom is -0.495 e. The van der Waals surface area contributed by atoms with Gasteiger partial charge in [-0.3, -0.25) is 14.4 Å². The van der Waals surface area contributed by atoms with Gasteiger partial charge in [0, 0.05) is 9.90 Å². The molecule has 0 radical (unpaired) electrons. The second-order valence-electron chi connectivity index (χ2n) is 5.55. The summed E-state index contributed by atoms with van der Waals surface area (Å²) in [6.07, 6.45) is 1.43. The molecule has 0 unspecified atom stereocenters. The second kappa shape index (κ2) is 8.73. The summed E-state index contributed by atoms with van der Waals surface area (Å²) >= 11 is 7.11. The number of methoxy groups -OCH3 is 1.